The van der Waals surface area contributed by atoms with Crippen LogP contribution in [0.3, 0.4) is 0 Å². The lowest BCUT2D eigenvalue weighted by Crippen LogP contribution is -2.24. The maximum Gasteiger partial charge on any atom is 0.146 e. The number of halogens is 1. The summed E-state index contributed by atoms with van der Waals surface area (Å²) in [6.45, 7) is 2.79. The van der Waals surface area contributed by atoms with Gasteiger partial charge in [-0.25, -0.2) is 0 Å². The highest BCUT2D eigenvalue weighted by molar-refractivity contribution is 9.10. The molecule has 1 N–H and O–H groups in total. The predicted octanol–water partition coefficient (Wildman–Crippen LogP) is 3.20. The Morgan fingerprint density at radius 1 is 1.48 bits per heavy atom. The third-order valence-electron chi connectivity index (χ3n) is 4.08. The van der Waals surface area contributed by atoms with Gasteiger partial charge in [-0.15, -0.1) is 0 Å². The van der Waals surface area contributed by atoms with Gasteiger partial charge in [-0.2, -0.15) is 5.10 Å². The number of carbonyl (C=O) groups excluding carboxylic acids is 1. The molecule has 21 heavy (non-hydrogen) atoms. The molecule has 2 aromatic rings. The lowest BCUT2D eigenvalue weighted by atomic mass is 9.86. The van der Waals surface area contributed by atoms with Crippen LogP contribution in [-0.4, -0.2) is 22.1 Å². The molecule has 110 valence electrons. The smallest absolute Gasteiger partial charge is 0.146 e. The number of hydrogen-bond acceptors (Lipinski definition) is 3. The Morgan fingerprint density at radius 3 is 2.95 bits per heavy atom. The van der Waals surface area contributed by atoms with E-state index in [-0.39, 0.29) is 11.7 Å². The molecular weight excluding hydrogens is 330 g/mol. The first-order valence-corrected chi connectivity index (χ1v) is 7.90. The highest BCUT2D eigenvalue weighted by Crippen LogP contribution is 2.33. The summed E-state index contributed by atoms with van der Waals surface area (Å²) in [5.41, 5.74) is 4.07. The zero-order valence-corrected chi connectivity index (χ0v) is 13.8. The number of Topliss-reactive ketones (excluding diaryl/α,β-unsaturated/α-hetero) is 1. The van der Waals surface area contributed by atoms with Crippen molar-refractivity contribution in [2.24, 2.45) is 7.05 Å². The first-order valence-electron chi connectivity index (χ1n) is 7.11. The van der Waals surface area contributed by atoms with Crippen molar-refractivity contribution in [3.63, 3.8) is 0 Å². The van der Waals surface area contributed by atoms with Gasteiger partial charge in [-0.05, 0) is 40.9 Å². The van der Waals surface area contributed by atoms with E-state index in [1.807, 2.05) is 38.2 Å². The van der Waals surface area contributed by atoms with Crippen LogP contribution in [0, 0.1) is 6.92 Å². The van der Waals surface area contributed by atoms with Crippen LogP contribution in [0.4, 0.5) is 5.69 Å². The number of para-hydroxylation sites is 1. The van der Waals surface area contributed by atoms with Gasteiger partial charge < -0.3 is 5.32 Å². The molecule has 0 amide bonds. The number of benzene rings is 1. The van der Waals surface area contributed by atoms with E-state index in [0.29, 0.717) is 6.42 Å². The van der Waals surface area contributed by atoms with Crippen molar-refractivity contribution in [2.75, 3.05) is 11.9 Å². The number of aryl methyl sites for hydroxylation is 2. The average Bonchev–Trinajstić information content (AvgIpc) is 2.73. The maximum absolute atomic E-state index is 12.8. The fourth-order valence-electron chi connectivity index (χ4n) is 2.96. The van der Waals surface area contributed by atoms with E-state index >= 15 is 0 Å². The van der Waals surface area contributed by atoms with Gasteiger partial charge in [0.05, 0.1) is 22.3 Å². The Kier molecular flexibility index (Phi) is 3.85. The molecule has 0 bridgehead atoms. The third kappa shape index (κ3) is 2.62. The van der Waals surface area contributed by atoms with E-state index in [9.17, 15) is 4.79 Å². The number of aromatic nitrogens is 2. The molecular formula is C16H18BrN3O. The Balaban J connectivity index is 1.87. The molecule has 0 aliphatic carbocycles. The summed E-state index contributed by atoms with van der Waals surface area (Å²) in [5.74, 6) is 0.234. The van der Waals surface area contributed by atoms with E-state index in [0.717, 1.165) is 40.1 Å². The summed E-state index contributed by atoms with van der Waals surface area (Å²) >= 11 is 3.54. The average molecular weight is 348 g/mol. The molecule has 2 heterocycles. The Bertz CT molecular complexity index is 693. The van der Waals surface area contributed by atoms with Gasteiger partial charge in [0.15, 0.2) is 0 Å². The quantitative estimate of drug-likeness (QED) is 0.927. The van der Waals surface area contributed by atoms with Crippen LogP contribution in [0.2, 0.25) is 0 Å². The van der Waals surface area contributed by atoms with Crippen LogP contribution in [0.15, 0.2) is 28.7 Å². The molecule has 3 rings (SSSR count). The monoisotopic (exact) mass is 347 g/mol. The molecule has 0 saturated heterocycles. The van der Waals surface area contributed by atoms with E-state index in [4.69, 9.17) is 0 Å². The fraction of sp³-hybridized carbons (Fsp3) is 0.375. The summed E-state index contributed by atoms with van der Waals surface area (Å²) in [5, 5.41) is 7.72. The summed E-state index contributed by atoms with van der Waals surface area (Å²) in [7, 11) is 1.89. The van der Waals surface area contributed by atoms with Crippen molar-refractivity contribution < 1.29 is 4.79 Å². The molecule has 1 unspecified atom stereocenters. The zero-order valence-electron chi connectivity index (χ0n) is 12.2. The molecule has 0 fully saturated rings. The molecule has 4 nitrogen and oxygen atoms in total. The maximum atomic E-state index is 12.8. The Labute approximate surface area is 132 Å². The molecule has 1 aliphatic heterocycles. The van der Waals surface area contributed by atoms with E-state index in [1.54, 1.807) is 4.68 Å². The minimum atomic E-state index is -0.0236. The lowest BCUT2D eigenvalue weighted by Gasteiger charge is -2.25. The van der Waals surface area contributed by atoms with Gasteiger partial charge in [0, 0.05) is 25.2 Å². The molecule has 0 saturated carbocycles. The number of ketones is 1. The molecule has 1 aromatic heterocycles. The van der Waals surface area contributed by atoms with Gasteiger partial charge in [0.25, 0.3) is 0 Å². The third-order valence-corrected chi connectivity index (χ3v) is 5.11. The summed E-state index contributed by atoms with van der Waals surface area (Å²) in [6.07, 6.45) is 1.27. The lowest BCUT2D eigenvalue weighted by molar-refractivity contribution is -0.120. The van der Waals surface area contributed by atoms with Crippen LogP contribution in [0.1, 0.15) is 29.3 Å². The molecule has 1 atom stereocenters. The molecule has 1 aliphatic rings. The van der Waals surface area contributed by atoms with E-state index in [1.165, 1.54) is 0 Å². The first-order chi connectivity index (χ1) is 10.1. The number of anilines is 1. The van der Waals surface area contributed by atoms with Crippen LogP contribution in [0.5, 0.6) is 0 Å². The second-order valence-electron chi connectivity index (χ2n) is 5.47. The van der Waals surface area contributed by atoms with E-state index < -0.39 is 0 Å². The molecule has 1 aromatic carbocycles. The summed E-state index contributed by atoms with van der Waals surface area (Å²) in [6, 6.07) is 8.09. The number of nitrogens with zero attached hydrogens (tertiary/aromatic N) is 2. The van der Waals surface area contributed by atoms with Gasteiger partial charge in [0.2, 0.25) is 0 Å². The van der Waals surface area contributed by atoms with E-state index in [2.05, 4.69) is 26.3 Å². The molecule has 0 radical (unpaired) electrons. The molecule has 0 spiro atoms. The summed E-state index contributed by atoms with van der Waals surface area (Å²) < 4.78 is 2.74. The minimum absolute atomic E-state index is 0.0236. The second kappa shape index (κ2) is 5.64. The number of fused-ring (bicyclic) bond motifs is 1. The SMILES string of the molecule is Cc1nn(C)c(CC(=O)C2CCNc3ccccc32)c1Br. The first kappa shape index (κ1) is 14.3. The highest BCUT2D eigenvalue weighted by atomic mass is 79.9. The second-order valence-corrected chi connectivity index (χ2v) is 6.26. The standard InChI is InChI=1S/C16H18BrN3O/c1-10-16(17)14(20(2)19-10)9-15(21)12-7-8-18-13-6-4-3-5-11(12)13/h3-6,12,18H,7-9H2,1-2H3. The van der Waals surface area contributed by atoms with Crippen LogP contribution in [0.25, 0.3) is 0 Å². The molecule has 5 heteroatoms. The van der Waals surface area contributed by atoms with Crippen LogP contribution in [-0.2, 0) is 18.3 Å². The summed E-state index contributed by atoms with van der Waals surface area (Å²) in [4.78, 5) is 12.8. The van der Waals surface area contributed by atoms with Gasteiger partial charge in [0.1, 0.15) is 5.78 Å². The Morgan fingerprint density at radius 2 is 2.24 bits per heavy atom. The van der Waals surface area contributed by atoms with Gasteiger partial charge >= 0.3 is 0 Å². The number of carbonyl (C=O) groups is 1. The largest absolute Gasteiger partial charge is 0.385 e. The van der Waals surface area contributed by atoms with Crippen LogP contribution >= 0.6 is 15.9 Å². The van der Waals surface area contributed by atoms with Gasteiger partial charge in [-0.1, -0.05) is 18.2 Å². The highest BCUT2D eigenvalue weighted by Gasteiger charge is 2.27. The fourth-order valence-corrected chi connectivity index (χ4v) is 3.44. The van der Waals surface area contributed by atoms with Crippen LogP contribution < -0.4 is 5.32 Å². The topological polar surface area (TPSA) is 46.9 Å². The Hall–Kier alpha value is -1.62. The zero-order chi connectivity index (χ0) is 15.0. The number of nitrogens with one attached hydrogen (secondary N) is 1. The minimum Gasteiger partial charge on any atom is -0.385 e. The van der Waals surface area contributed by atoms with Crippen molar-refractivity contribution in [1.29, 1.82) is 0 Å². The van der Waals surface area contributed by atoms with Crippen molar-refractivity contribution in [1.82, 2.24) is 9.78 Å². The van der Waals surface area contributed by atoms with Crippen molar-refractivity contribution in [3.8, 4) is 0 Å². The number of hydrogen-bond donors (Lipinski definition) is 1. The van der Waals surface area contributed by atoms with Gasteiger partial charge in [-0.3, -0.25) is 9.48 Å². The predicted molar refractivity (Wildman–Crippen MR) is 86.6 cm³/mol. The van der Waals surface area contributed by atoms with Crippen molar-refractivity contribution >= 4 is 27.4 Å². The van der Waals surface area contributed by atoms with Crippen molar-refractivity contribution in [2.45, 2.75) is 25.7 Å². The van der Waals surface area contributed by atoms with Crippen molar-refractivity contribution in [3.05, 3.63) is 45.7 Å². The normalized spacial score (nSPS) is 17.2. The number of rotatable bonds is 3.